The van der Waals surface area contributed by atoms with Crippen LogP contribution >= 0.6 is 0 Å². The molecule has 2 aromatic heterocycles. The second-order valence-corrected chi connectivity index (χ2v) is 7.56. The lowest BCUT2D eigenvalue weighted by atomic mass is 10.0. The molecule has 1 aromatic carbocycles. The minimum atomic E-state index is -0.273. The molecule has 1 fully saturated rings. The van der Waals surface area contributed by atoms with Gasteiger partial charge in [0.2, 0.25) is 5.95 Å². The summed E-state index contributed by atoms with van der Waals surface area (Å²) in [4.78, 5) is 14.7. The van der Waals surface area contributed by atoms with Crippen LogP contribution in [0.1, 0.15) is 35.2 Å². The second-order valence-electron chi connectivity index (χ2n) is 7.56. The molecule has 27 heavy (non-hydrogen) atoms. The molecular weight excluding hydrogens is 338 g/mol. The van der Waals surface area contributed by atoms with Crippen molar-refractivity contribution in [2.45, 2.75) is 46.3 Å². The molecule has 3 N–H and O–H groups in total. The van der Waals surface area contributed by atoms with Crippen molar-refractivity contribution >= 4 is 22.7 Å². The number of nitrogens with zero attached hydrogens (tertiary/aromatic N) is 3. The van der Waals surface area contributed by atoms with Crippen molar-refractivity contribution in [3.8, 4) is 0 Å². The van der Waals surface area contributed by atoms with Crippen molar-refractivity contribution in [1.82, 2.24) is 15.0 Å². The molecule has 3 heterocycles. The third-order valence-corrected chi connectivity index (χ3v) is 5.44. The number of β-amino-alcohol motifs (C(OH)–C–C–N with tert-alkyl or cyclic N) is 1. The largest absolute Gasteiger partial charge is 0.391 e. The molecule has 142 valence electrons. The maximum atomic E-state index is 9.91. The monoisotopic (exact) mass is 365 g/mol. The van der Waals surface area contributed by atoms with Gasteiger partial charge >= 0.3 is 0 Å². The number of rotatable bonds is 4. The van der Waals surface area contributed by atoms with Gasteiger partial charge in [0.05, 0.1) is 11.6 Å². The zero-order chi connectivity index (χ0) is 19.0. The Morgan fingerprint density at radius 1 is 1.30 bits per heavy atom. The van der Waals surface area contributed by atoms with Crippen LogP contribution in [0.4, 0.5) is 11.8 Å². The Morgan fingerprint density at radius 3 is 2.96 bits per heavy atom. The molecule has 3 aromatic rings. The van der Waals surface area contributed by atoms with Gasteiger partial charge in [-0.15, -0.1) is 0 Å². The minimum Gasteiger partial charge on any atom is -0.391 e. The lowest BCUT2D eigenvalue weighted by molar-refractivity contribution is 0.154. The predicted octanol–water partition coefficient (Wildman–Crippen LogP) is 3.46. The molecule has 1 atom stereocenters. The Labute approximate surface area is 159 Å². The van der Waals surface area contributed by atoms with E-state index in [4.69, 9.17) is 0 Å². The summed E-state index contributed by atoms with van der Waals surface area (Å²) >= 11 is 0. The molecule has 6 heteroatoms. The van der Waals surface area contributed by atoms with Gasteiger partial charge in [-0.25, -0.2) is 4.98 Å². The van der Waals surface area contributed by atoms with Crippen LogP contribution in [0.15, 0.2) is 24.4 Å². The molecule has 0 amide bonds. The molecular formula is C21H27N5O. The standard InChI is InChI=1S/C21H27N5O/c1-13-9-16(20-18(10-13)14(2)15(3)24-20)11-23-21-22-7-6-19(25-21)26-8-4-5-17(27)12-26/h6-7,9-10,17,24,27H,4-5,8,11-12H2,1-3H3,(H,22,23,25). The number of piperidine rings is 1. The number of fused-ring (bicyclic) bond motifs is 1. The van der Waals surface area contributed by atoms with Crippen molar-refractivity contribution in [3.63, 3.8) is 0 Å². The summed E-state index contributed by atoms with van der Waals surface area (Å²) in [7, 11) is 0. The second kappa shape index (κ2) is 7.19. The van der Waals surface area contributed by atoms with E-state index in [1.54, 1.807) is 6.20 Å². The summed E-state index contributed by atoms with van der Waals surface area (Å²) in [6.45, 7) is 8.61. The Bertz CT molecular complexity index is 965. The molecule has 1 saturated heterocycles. The molecule has 1 unspecified atom stereocenters. The van der Waals surface area contributed by atoms with E-state index < -0.39 is 0 Å². The van der Waals surface area contributed by atoms with Crippen LogP contribution in [0.5, 0.6) is 0 Å². The summed E-state index contributed by atoms with van der Waals surface area (Å²) in [6.07, 6.45) is 3.36. The van der Waals surface area contributed by atoms with Crippen LogP contribution in [-0.2, 0) is 6.54 Å². The fourth-order valence-electron chi connectivity index (χ4n) is 3.88. The maximum absolute atomic E-state index is 9.91. The topological polar surface area (TPSA) is 77.1 Å². The van der Waals surface area contributed by atoms with Crippen molar-refractivity contribution in [2.75, 3.05) is 23.3 Å². The molecule has 0 aliphatic carbocycles. The summed E-state index contributed by atoms with van der Waals surface area (Å²) in [5, 5.41) is 14.6. The fourth-order valence-corrected chi connectivity index (χ4v) is 3.88. The zero-order valence-corrected chi connectivity index (χ0v) is 16.2. The van der Waals surface area contributed by atoms with E-state index in [0.717, 1.165) is 25.2 Å². The average Bonchev–Trinajstić information content (AvgIpc) is 2.95. The first-order valence-corrected chi connectivity index (χ1v) is 9.59. The average molecular weight is 365 g/mol. The van der Waals surface area contributed by atoms with Gasteiger partial charge < -0.3 is 20.3 Å². The van der Waals surface area contributed by atoms with E-state index in [2.05, 4.69) is 58.1 Å². The summed E-state index contributed by atoms with van der Waals surface area (Å²) in [5.41, 5.74) is 6.15. The highest BCUT2D eigenvalue weighted by molar-refractivity contribution is 5.88. The highest BCUT2D eigenvalue weighted by Gasteiger charge is 2.19. The number of aromatic nitrogens is 3. The van der Waals surface area contributed by atoms with Crippen LogP contribution in [0.2, 0.25) is 0 Å². The third-order valence-electron chi connectivity index (χ3n) is 5.44. The van der Waals surface area contributed by atoms with Crippen LogP contribution < -0.4 is 10.2 Å². The van der Waals surface area contributed by atoms with Gasteiger partial charge in [-0.3, -0.25) is 0 Å². The van der Waals surface area contributed by atoms with Crippen molar-refractivity contribution in [3.05, 3.63) is 46.8 Å². The first-order valence-electron chi connectivity index (χ1n) is 9.59. The molecule has 0 bridgehead atoms. The van der Waals surface area contributed by atoms with Crippen molar-refractivity contribution in [2.24, 2.45) is 0 Å². The molecule has 4 rings (SSSR count). The van der Waals surface area contributed by atoms with Gasteiger partial charge in [-0.1, -0.05) is 11.6 Å². The van der Waals surface area contributed by atoms with Crippen LogP contribution in [0.3, 0.4) is 0 Å². The predicted molar refractivity (Wildman–Crippen MR) is 109 cm³/mol. The zero-order valence-electron chi connectivity index (χ0n) is 16.2. The molecule has 1 aliphatic heterocycles. The highest BCUT2D eigenvalue weighted by atomic mass is 16.3. The first-order chi connectivity index (χ1) is 13.0. The normalized spacial score (nSPS) is 17.5. The number of H-pyrrole nitrogens is 1. The van der Waals surface area contributed by atoms with Gasteiger partial charge in [-0.05, 0) is 56.9 Å². The van der Waals surface area contributed by atoms with E-state index in [1.165, 1.54) is 33.3 Å². The number of aromatic amines is 1. The Morgan fingerprint density at radius 2 is 2.15 bits per heavy atom. The maximum Gasteiger partial charge on any atom is 0.224 e. The van der Waals surface area contributed by atoms with Crippen molar-refractivity contribution < 1.29 is 5.11 Å². The Kier molecular flexibility index (Phi) is 4.74. The number of aliphatic hydroxyl groups is 1. The number of hydrogen-bond acceptors (Lipinski definition) is 5. The Hall–Kier alpha value is -2.60. The summed E-state index contributed by atoms with van der Waals surface area (Å²) in [5.74, 6) is 1.48. The molecule has 1 aliphatic rings. The number of nitrogens with one attached hydrogen (secondary N) is 2. The number of aliphatic hydroxyl groups excluding tert-OH is 1. The van der Waals surface area contributed by atoms with Gasteiger partial charge in [0.1, 0.15) is 5.82 Å². The lowest BCUT2D eigenvalue weighted by Gasteiger charge is -2.31. The minimum absolute atomic E-state index is 0.273. The van der Waals surface area contributed by atoms with Crippen LogP contribution in [0, 0.1) is 20.8 Å². The van der Waals surface area contributed by atoms with E-state index in [-0.39, 0.29) is 6.10 Å². The lowest BCUT2D eigenvalue weighted by Crippen LogP contribution is -2.38. The number of anilines is 2. The highest BCUT2D eigenvalue weighted by Crippen LogP contribution is 2.26. The van der Waals surface area contributed by atoms with Gasteiger partial charge in [-0.2, -0.15) is 4.98 Å². The number of hydrogen-bond donors (Lipinski definition) is 3. The molecule has 6 nitrogen and oxygen atoms in total. The first kappa shape index (κ1) is 17.8. The SMILES string of the molecule is Cc1cc(CNc2nccc(N3CCCC(O)C3)n2)c2[nH]c(C)c(C)c2c1. The quantitative estimate of drug-likeness (QED) is 0.660. The summed E-state index contributed by atoms with van der Waals surface area (Å²) in [6, 6.07) is 6.35. The van der Waals surface area contributed by atoms with E-state index in [0.29, 0.717) is 19.0 Å². The smallest absolute Gasteiger partial charge is 0.224 e. The number of aryl methyl sites for hydroxylation is 3. The fraction of sp³-hybridized carbons (Fsp3) is 0.429. The van der Waals surface area contributed by atoms with Gasteiger partial charge in [0.15, 0.2) is 0 Å². The molecule has 0 saturated carbocycles. The van der Waals surface area contributed by atoms with Crippen LogP contribution in [-0.4, -0.2) is 39.3 Å². The molecule has 0 spiro atoms. The van der Waals surface area contributed by atoms with Crippen molar-refractivity contribution in [1.29, 1.82) is 0 Å². The third kappa shape index (κ3) is 3.62. The van der Waals surface area contributed by atoms with Gasteiger partial charge in [0, 0.05) is 36.9 Å². The van der Waals surface area contributed by atoms with E-state index >= 15 is 0 Å². The van der Waals surface area contributed by atoms with E-state index in [9.17, 15) is 5.11 Å². The number of benzene rings is 1. The van der Waals surface area contributed by atoms with Gasteiger partial charge in [0.25, 0.3) is 0 Å². The van der Waals surface area contributed by atoms with Crippen LogP contribution in [0.25, 0.3) is 10.9 Å². The van der Waals surface area contributed by atoms with E-state index in [1.807, 2.05) is 6.07 Å². The molecule has 0 radical (unpaired) electrons. The Balaban J connectivity index is 1.55. The summed E-state index contributed by atoms with van der Waals surface area (Å²) < 4.78 is 0.